The van der Waals surface area contributed by atoms with Crippen LogP contribution in [0.5, 0.6) is 0 Å². The Morgan fingerprint density at radius 1 is 1.04 bits per heavy atom. The second-order valence-electron chi connectivity index (χ2n) is 8.32. The van der Waals surface area contributed by atoms with Crippen molar-refractivity contribution in [3.8, 4) is 0 Å². The van der Waals surface area contributed by atoms with E-state index in [9.17, 15) is 0 Å². The first-order valence-electron chi connectivity index (χ1n) is 10.0. The molecule has 0 heterocycles. The van der Waals surface area contributed by atoms with Gasteiger partial charge in [-0.05, 0) is 0 Å². The zero-order valence-electron chi connectivity index (χ0n) is 15.8. The Morgan fingerprint density at radius 3 is 2.62 bits per heavy atom. The molecule has 0 saturated heterocycles. The number of rotatable bonds is 5. The normalized spacial score (nSPS) is 30.0. The number of unbranched alkanes of at least 4 members (excludes halogenated alkanes) is 1. The summed E-state index contributed by atoms with van der Waals surface area (Å²) in [7, 11) is 0. The zero-order valence-corrected chi connectivity index (χ0v) is 22.6. The molecule has 2 unspecified atom stereocenters. The monoisotopic (exact) mass is 642 g/mol. The van der Waals surface area contributed by atoms with Crippen LogP contribution in [0.1, 0.15) is 69.9 Å². The van der Waals surface area contributed by atoms with E-state index in [0.717, 1.165) is 0 Å². The quantitative estimate of drug-likeness (QED) is 0.283. The second kappa shape index (κ2) is 7.26. The number of fused-ring (bicyclic) bond motifs is 1. The Balaban J connectivity index is 1.85. The fraction of sp³-hybridized carbons (Fsp3) is 0.478. The van der Waals surface area contributed by atoms with E-state index < -0.39 is 15.3 Å². The third-order valence-electron chi connectivity index (χ3n) is 6.87. The third-order valence-corrected chi connectivity index (χ3v) is 44.8. The summed E-state index contributed by atoms with van der Waals surface area (Å²) in [6.07, 6.45) is 19.2. The molecule has 0 saturated carbocycles. The average Bonchev–Trinajstić information content (AvgIpc) is 3.21. The number of hydrogen-bond donors (Lipinski definition) is 0. The molecule has 0 spiro atoms. The topological polar surface area (TPSA) is 0 Å². The molecule has 4 rings (SSSR count). The van der Waals surface area contributed by atoms with Crippen LogP contribution in [0.3, 0.4) is 0 Å². The Bertz CT molecular complexity index is 804. The molecule has 0 N–H and O–H groups in total. The van der Waals surface area contributed by atoms with Gasteiger partial charge in [0.25, 0.3) is 0 Å². The standard InChI is InChI=1S/C13H19.C10H9.2BrH.Hf/c1-2-3-6-11-9-10-12-7-4-5-8-13(11)12;1-8-6-7-9-4-2-3-5-10(8)9;;;/h9-10H,2-8H2,1H3;2-7H,1H3;2*1H;/q;;;;+2/p-2. The first-order chi connectivity index (χ1) is 12.5. The van der Waals surface area contributed by atoms with E-state index in [2.05, 4.69) is 87.0 Å². The van der Waals surface area contributed by atoms with Gasteiger partial charge in [-0.2, -0.15) is 0 Å². The van der Waals surface area contributed by atoms with Gasteiger partial charge in [0.05, 0.1) is 0 Å². The molecule has 0 radical (unpaired) electrons. The average molecular weight is 643 g/mol. The summed E-state index contributed by atoms with van der Waals surface area (Å²) in [5, 5.41) is 0. The van der Waals surface area contributed by atoms with Crippen molar-refractivity contribution in [1.82, 2.24) is 0 Å². The maximum atomic E-state index is 4.51. The van der Waals surface area contributed by atoms with Crippen LogP contribution in [0, 0.1) is 0 Å². The van der Waals surface area contributed by atoms with Gasteiger partial charge in [-0.25, -0.2) is 0 Å². The van der Waals surface area contributed by atoms with Gasteiger partial charge in [-0.3, -0.25) is 0 Å². The molecule has 0 fully saturated rings. The van der Waals surface area contributed by atoms with Gasteiger partial charge in [0.15, 0.2) is 0 Å². The van der Waals surface area contributed by atoms with Gasteiger partial charge in [0.2, 0.25) is 0 Å². The van der Waals surface area contributed by atoms with Crippen molar-refractivity contribution in [2.24, 2.45) is 0 Å². The third kappa shape index (κ3) is 2.74. The van der Waals surface area contributed by atoms with E-state index in [4.69, 9.17) is 0 Å². The van der Waals surface area contributed by atoms with Gasteiger partial charge in [-0.15, -0.1) is 0 Å². The summed E-state index contributed by atoms with van der Waals surface area (Å²) in [6.45, 7) is 4.82. The Morgan fingerprint density at radius 2 is 1.81 bits per heavy atom. The predicted molar refractivity (Wildman–Crippen MR) is 118 cm³/mol. The van der Waals surface area contributed by atoms with Crippen molar-refractivity contribution in [3.05, 3.63) is 64.8 Å². The molecule has 26 heavy (non-hydrogen) atoms. The van der Waals surface area contributed by atoms with Crippen LogP contribution >= 0.6 is 24.6 Å². The molecule has 3 heteroatoms. The van der Waals surface area contributed by atoms with E-state index in [1.54, 1.807) is 11.1 Å². The molecule has 1 aromatic carbocycles. The van der Waals surface area contributed by atoms with Crippen LogP contribution in [0.15, 0.2) is 53.6 Å². The molecule has 0 nitrogen and oxygen atoms in total. The molecule has 0 aliphatic heterocycles. The van der Waals surface area contributed by atoms with E-state index in [0.29, 0.717) is 0 Å². The van der Waals surface area contributed by atoms with Gasteiger partial charge in [0, 0.05) is 0 Å². The molecule has 2 atom stereocenters. The fourth-order valence-electron chi connectivity index (χ4n) is 5.31. The van der Waals surface area contributed by atoms with Crippen molar-refractivity contribution >= 4 is 30.7 Å². The molecule has 1 aromatic rings. The summed E-state index contributed by atoms with van der Waals surface area (Å²) >= 11 is 5.78. The molecular weight excluding hydrogens is 615 g/mol. The maximum absolute atomic E-state index is 4.51. The molecule has 0 amide bonds. The molecule has 0 aromatic heterocycles. The Kier molecular flexibility index (Phi) is 5.47. The van der Waals surface area contributed by atoms with E-state index >= 15 is 0 Å². The number of benzene rings is 1. The van der Waals surface area contributed by atoms with Crippen LogP contribution in [0.25, 0.3) is 6.08 Å². The summed E-state index contributed by atoms with van der Waals surface area (Å²) in [4.78, 5) is 0. The SMILES string of the molecule is CCCC[C]1([Hf]([Br])([Br])[C]2(C)C=Cc3ccccc32)C=CC2=C1CCCC2. The molecule has 0 bridgehead atoms. The number of hydrogen-bond acceptors (Lipinski definition) is 0. The summed E-state index contributed by atoms with van der Waals surface area (Å²) < 4.78 is 0.386. The Labute approximate surface area is 174 Å². The number of halogens is 2. The van der Waals surface area contributed by atoms with Crippen molar-refractivity contribution in [1.29, 1.82) is 0 Å². The van der Waals surface area contributed by atoms with Crippen molar-refractivity contribution < 1.29 is 15.3 Å². The number of allylic oxidation sites excluding steroid dienone is 5. The molecular formula is C23H28Br2Hf. The summed E-state index contributed by atoms with van der Waals surface area (Å²) in [5.41, 5.74) is 6.37. The van der Waals surface area contributed by atoms with Crippen LogP contribution in [0.4, 0.5) is 0 Å². The van der Waals surface area contributed by atoms with Crippen LogP contribution < -0.4 is 0 Å². The van der Waals surface area contributed by atoms with Gasteiger partial charge in [0.1, 0.15) is 0 Å². The first kappa shape index (κ1) is 19.6. The fourth-order valence-corrected chi connectivity index (χ4v) is 31.9. The van der Waals surface area contributed by atoms with Crippen LogP contribution in [0.2, 0.25) is 3.17 Å². The predicted octanol–water partition coefficient (Wildman–Crippen LogP) is 8.49. The summed E-state index contributed by atoms with van der Waals surface area (Å²) in [5.74, 6) is 0. The van der Waals surface area contributed by atoms with E-state index in [1.165, 1.54) is 56.1 Å². The first-order valence-corrected chi connectivity index (χ1v) is 29.3. The van der Waals surface area contributed by atoms with Crippen molar-refractivity contribution in [3.63, 3.8) is 0 Å². The van der Waals surface area contributed by atoms with Gasteiger partial charge in [-0.1, -0.05) is 0 Å². The van der Waals surface area contributed by atoms with E-state index in [-0.39, 0.29) is 6.34 Å². The van der Waals surface area contributed by atoms with Gasteiger partial charge >= 0.3 is 176 Å². The Hall–Kier alpha value is 0.270. The van der Waals surface area contributed by atoms with Gasteiger partial charge < -0.3 is 0 Å². The van der Waals surface area contributed by atoms with Crippen LogP contribution in [-0.4, -0.2) is 0 Å². The zero-order chi connectivity index (χ0) is 18.4. The molecule has 3 aliphatic rings. The minimum absolute atomic E-state index is 0.127. The summed E-state index contributed by atoms with van der Waals surface area (Å²) in [6, 6.07) is 9.01. The second-order valence-corrected chi connectivity index (χ2v) is 47.6. The van der Waals surface area contributed by atoms with E-state index in [1.807, 2.05) is 0 Å². The van der Waals surface area contributed by atoms with Crippen molar-refractivity contribution in [2.45, 2.75) is 65.1 Å². The minimum atomic E-state index is -3.24. The molecule has 3 aliphatic carbocycles. The van der Waals surface area contributed by atoms with Crippen molar-refractivity contribution in [2.75, 3.05) is 0 Å². The molecule has 138 valence electrons. The van der Waals surface area contributed by atoms with Crippen LogP contribution in [-0.2, 0) is 18.5 Å².